The van der Waals surface area contributed by atoms with Crippen LogP contribution in [-0.4, -0.2) is 42.6 Å². The van der Waals surface area contributed by atoms with E-state index in [4.69, 9.17) is 10.5 Å². The van der Waals surface area contributed by atoms with Crippen LogP contribution < -0.4 is 5.73 Å². The van der Waals surface area contributed by atoms with Crippen molar-refractivity contribution in [2.45, 2.75) is 25.9 Å². The summed E-state index contributed by atoms with van der Waals surface area (Å²) in [5, 5.41) is 2.96. The molecule has 1 atom stereocenters. The molecule has 0 aromatic carbocycles. The van der Waals surface area contributed by atoms with Gasteiger partial charge in [-0.25, -0.2) is 4.98 Å². The third kappa shape index (κ3) is 4.41. The van der Waals surface area contributed by atoms with Gasteiger partial charge in [-0.15, -0.1) is 11.3 Å². The monoisotopic (exact) mass is 257 g/mol. The Labute approximate surface area is 106 Å². The standard InChI is InChI=1S/C11H19N3O2S/c1-8-13-9(7-17-8)6-14(2)11(15)10(12)4-5-16-3/h7,10H,4-6,12H2,1-3H3. The molecule has 6 heteroatoms. The van der Waals surface area contributed by atoms with Crippen molar-refractivity contribution in [3.05, 3.63) is 16.1 Å². The molecule has 17 heavy (non-hydrogen) atoms. The second-order valence-corrected chi connectivity index (χ2v) is 5.00. The molecule has 1 aromatic heterocycles. The number of nitrogens with two attached hydrogens (primary N) is 1. The molecule has 0 saturated carbocycles. The molecule has 0 spiro atoms. The van der Waals surface area contributed by atoms with Crippen LogP contribution in [0, 0.1) is 6.92 Å². The molecule has 0 saturated heterocycles. The summed E-state index contributed by atoms with van der Waals surface area (Å²) in [5.41, 5.74) is 6.68. The number of likely N-dealkylation sites (N-methyl/N-ethyl adjacent to an activating group) is 1. The number of methoxy groups -OCH3 is 1. The number of ether oxygens (including phenoxy) is 1. The normalized spacial score (nSPS) is 12.5. The fourth-order valence-corrected chi connectivity index (χ4v) is 2.06. The van der Waals surface area contributed by atoms with Gasteiger partial charge in [-0.05, 0) is 13.3 Å². The first kappa shape index (κ1) is 14.1. The van der Waals surface area contributed by atoms with Crippen molar-refractivity contribution < 1.29 is 9.53 Å². The highest BCUT2D eigenvalue weighted by molar-refractivity contribution is 7.09. The smallest absolute Gasteiger partial charge is 0.239 e. The highest BCUT2D eigenvalue weighted by Gasteiger charge is 2.18. The van der Waals surface area contributed by atoms with Gasteiger partial charge in [-0.3, -0.25) is 4.79 Å². The van der Waals surface area contributed by atoms with Crippen molar-refractivity contribution in [3.8, 4) is 0 Å². The highest BCUT2D eigenvalue weighted by atomic mass is 32.1. The van der Waals surface area contributed by atoms with E-state index in [1.54, 1.807) is 30.4 Å². The molecule has 1 amide bonds. The Balaban J connectivity index is 2.46. The van der Waals surface area contributed by atoms with Crippen LogP contribution in [0.2, 0.25) is 0 Å². The zero-order valence-electron chi connectivity index (χ0n) is 10.5. The van der Waals surface area contributed by atoms with Gasteiger partial charge in [0.05, 0.1) is 23.3 Å². The maximum absolute atomic E-state index is 11.9. The minimum absolute atomic E-state index is 0.0762. The van der Waals surface area contributed by atoms with E-state index in [-0.39, 0.29) is 5.91 Å². The fourth-order valence-electron chi connectivity index (χ4n) is 1.45. The lowest BCUT2D eigenvalue weighted by molar-refractivity contribution is -0.132. The molecule has 0 bridgehead atoms. The Morgan fingerprint density at radius 3 is 2.94 bits per heavy atom. The van der Waals surface area contributed by atoms with E-state index < -0.39 is 6.04 Å². The molecular weight excluding hydrogens is 238 g/mol. The molecule has 0 aliphatic rings. The highest BCUT2D eigenvalue weighted by Crippen LogP contribution is 2.10. The van der Waals surface area contributed by atoms with Gasteiger partial charge in [-0.1, -0.05) is 0 Å². The number of thiazole rings is 1. The van der Waals surface area contributed by atoms with E-state index in [0.29, 0.717) is 19.6 Å². The van der Waals surface area contributed by atoms with Gasteiger partial charge in [0, 0.05) is 26.1 Å². The summed E-state index contributed by atoms with van der Waals surface area (Å²) >= 11 is 1.58. The minimum atomic E-state index is -0.500. The van der Waals surface area contributed by atoms with E-state index in [2.05, 4.69) is 4.98 Å². The van der Waals surface area contributed by atoms with Gasteiger partial charge in [0.25, 0.3) is 0 Å². The van der Waals surface area contributed by atoms with Gasteiger partial charge in [0.15, 0.2) is 0 Å². The number of carbonyl (C=O) groups is 1. The Hall–Kier alpha value is -0.980. The van der Waals surface area contributed by atoms with Crippen LogP contribution in [0.4, 0.5) is 0 Å². The lowest BCUT2D eigenvalue weighted by Crippen LogP contribution is -2.42. The molecule has 2 N–H and O–H groups in total. The molecule has 0 aliphatic heterocycles. The zero-order chi connectivity index (χ0) is 12.8. The number of hydrogen-bond acceptors (Lipinski definition) is 5. The molecule has 1 heterocycles. The Morgan fingerprint density at radius 1 is 1.71 bits per heavy atom. The number of rotatable bonds is 6. The Bertz CT molecular complexity index is 367. The summed E-state index contributed by atoms with van der Waals surface area (Å²) in [7, 11) is 3.34. The third-order valence-corrected chi connectivity index (χ3v) is 3.21. The lowest BCUT2D eigenvalue weighted by Gasteiger charge is -2.20. The topological polar surface area (TPSA) is 68.5 Å². The zero-order valence-corrected chi connectivity index (χ0v) is 11.3. The molecule has 1 unspecified atom stereocenters. The first-order chi connectivity index (χ1) is 8.04. The van der Waals surface area contributed by atoms with Crippen LogP contribution in [0.3, 0.4) is 0 Å². The minimum Gasteiger partial charge on any atom is -0.385 e. The SMILES string of the molecule is COCCC(N)C(=O)N(C)Cc1csc(C)n1. The average molecular weight is 257 g/mol. The number of aromatic nitrogens is 1. The molecule has 1 aromatic rings. The maximum atomic E-state index is 11.9. The molecule has 0 aliphatic carbocycles. The van der Waals surface area contributed by atoms with E-state index in [0.717, 1.165) is 10.7 Å². The lowest BCUT2D eigenvalue weighted by atomic mass is 10.2. The third-order valence-electron chi connectivity index (χ3n) is 2.39. The van der Waals surface area contributed by atoms with Crippen LogP contribution in [0.1, 0.15) is 17.1 Å². The van der Waals surface area contributed by atoms with Gasteiger partial charge in [-0.2, -0.15) is 0 Å². The van der Waals surface area contributed by atoms with Crippen molar-refractivity contribution in [1.82, 2.24) is 9.88 Å². The molecule has 1 rings (SSSR count). The number of nitrogens with zero attached hydrogens (tertiary/aromatic N) is 2. The molecule has 0 radical (unpaired) electrons. The molecule has 0 fully saturated rings. The van der Waals surface area contributed by atoms with E-state index in [1.807, 2.05) is 12.3 Å². The summed E-state index contributed by atoms with van der Waals surface area (Å²) in [4.78, 5) is 17.8. The van der Waals surface area contributed by atoms with Crippen LogP contribution in [0.25, 0.3) is 0 Å². The maximum Gasteiger partial charge on any atom is 0.239 e. The Kier molecular flexibility index (Phi) is 5.54. The second-order valence-electron chi connectivity index (χ2n) is 3.94. The van der Waals surface area contributed by atoms with Crippen LogP contribution in [-0.2, 0) is 16.1 Å². The summed E-state index contributed by atoms with van der Waals surface area (Å²) < 4.78 is 4.90. The van der Waals surface area contributed by atoms with Crippen molar-refractivity contribution in [3.63, 3.8) is 0 Å². The van der Waals surface area contributed by atoms with E-state index in [9.17, 15) is 4.79 Å². The first-order valence-electron chi connectivity index (χ1n) is 5.45. The van der Waals surface area contributed by atoms with E-state index >= 15 is 0 Å². The second kappa shape index (κ2) is 6.68. The fraction of sp³-hybridized carbons (Fsp3) is 0.636. The van der Waals surface area contributed by atoms with Crippen LogP contribution in [0.15, 0.2) is 5.38 Å². The van der Waals surface area contributed by atoms with Crippen molar-refractivity contribution in [2.75, 3.05) is 20.8 Å². The predicted octanol–water partition coefficient (Wildman–Crippen LogP) is 0.774. The van der Waals surface area contributed by atoms with Gasteiger partial charge in [0.1, 0.15) is 0 Å². The van der Waals surface area contributed by atoms with Crippen molar-refractivity contribution >= 4 is 17.2 Å². The van der Waals surface area contributed by atoms with Crippen LogP contribution >= 0.6 is 11.3 Å². The number of carbonyl (C=O) groups excluding carboxylic acids is 1. The van der Waals surface area contributed by atoms with Gasteiger partial charge in [0.2, 0.25) is 5.91 Å². The van der Waals surface area contributed by atoms with Gasteiger partial charge < -0.3 is 15.4 Å². The van der Waals surface area contributed by atoms with Gasteiger partial charge >= 0.3 is 0 Å². The average Bonchev–Trinajstić information content (AvgIpc) is 2.70. The number of hydrogen-bond donors (Lipinski definition) is 1. The number of aryl methyl sites for hydroxylation is 1. The molecular formula is C11H19N3O2S. The Morgan fingerprint density at radius 2 is 2.41 bits per heavy atom. The van der Waals surface area contributed by atoms with E-state index in [1.165, 1.54) is 0 Å². The summed E-state index contributed by atoms with van der Waals surface area (Å²) in [5.74, 6) is -0.0762. The van der Waals surface area contributed by atoms with Crippen LogP contribution in [0.5, 0.6) is 0 Å². The van der Waals surface area contributed by atoms with Crippen molar-refractivity contribution in [2.24, 2.45) is 5.73 Å². The summed E-state index contributed by atoms with van der Waals surface area (Å²) in [6.45, 7) is 2.95. The van der Waals surface area contributed by atoms with Crippen molar-refractivity contribution in [1.29, 1.82) is 0 Å². The quantitative estimate of drug-likeness (QED) is 0.817. The summed E-state index contributed by atoms with van der Waals surface area (Å²) in [6, 6.07) is -0.500. The molecule has 96 valence electrons. The summed E-state index contributed by atoms with van der Waals surface area (Å²) in [6.07, 6.45) is 0.537. The predicted molar refractivity (Wildman–Crippen MR) is 67.8 cm³/mol. The first-order valence-corrected chi connectivity index (χ1v) is 6.33. The molecule has 5 nitrogen and oxygen atoms in total. The number of amides is 1. The largest absolute Gasteiger partial charge is 0.385 e.